The number of anilines is 2. The van der Waals surface area contributed by atoms with Crippen molar-refractivity contribution in [3.63, 3.8) is 0 Å². The molecule has 2 rings (SSSR count). The average molecular weight is 346 g/mol. The van der Waals surface area contributed by atoms with Gasteiger partial charge < -0.3 is 5.32 Å². The molecule has 0 atom stereocenters. The molecule has 0 bridgehead atoms. The standard InChI is InChI=1S/C11H9ClIN3/c1-7-10(12)14-6-15-11(7)16-9-4-2-3-8(13)5-9/h2-6H,1H3,(H,14,15,16). The van der Waals surface area contributed by atoms with E-state index in [0.717, 1.165) is 17.1 Å². The van der Waals surface area contributed by atoms with Gasteiger partial charge in [-0.25, -0.2) is 9.97 Å². The van der Waals surface area contributed by atoms with Crippen molar-refractivity contribution in [1.82, 2.24) is 9.97 Å². The smallest absolute Gasteiger partial charge is 0.138 e. The molecule has 0 spiro atoms. The van der Waals surface area contributed by atoms with Crippen LogP contribution in [-0.4, -0.2) is 9.97 Å². The molecule has 1 heterocycles. The summed E-state index contributed by atoms with van der Waals surface area (Å²) in [7, 11) is 0. The minimum absolute atomic E-state index is 0.475. The summed E-state index contributed by atoms with van der Waals surface area (Å²) in [6.07, 6.45) is 1.45. The summed E-state index contributed by atoms with van der Waals surface area (Å²) in [6, 6.07) is 8.04. The van der Waals surface area contributed by atoms with Crippen molar-refractivity contribution >= 4 is 45.7 Å². The van der Waals surface area contributed by atoms with Gasteiger partial charge in [0.15, 0.2) is 0 Å². The van der Waals surface area contributed by atoms with Gasteiger partial charge in [-0.2, -0.15) is 0 Å². The predicted molar refractivity (Wildman–Crippen MR) is 74.2 cm³/mol. The highest BCUT2D eigenvalue weighted by atomic mass is 127. The van der Waals surface area contributed by atoms with Gasteiger partial charge in [-0.15, -0.1) is 0 Å². The number of benzene rings is 1. The Labute approximate surface area is 112 Å². The third kappa shape index (κ3) is 2.62. The first-order valence-corrected chi connectivity index (χ1v) is 6.12. The lowest BCUT2D eigenvalue weighted by atomic mass is 10.3. The van der Waals surface area contributed by atoms with Crippen LogP contribution in [0.25, 0.3) is 0 Å². The van der Waals surface area contributed by atoms with E-state index in [0.29, 0.717) is 5.15 Å². The summed E-state index contributed by atoms with van der Waals surface area (Å²) in [4.78, 5) is 8.07. The molecule has 2 aromatic rings. The summed E-state index contributed by atoms with van der Waals surface area (Å²) in [6.45, 7) is 1.89. The number of hydrogen-bond acceptors (Lipinski definition) is 3. The maximum absolute atomic E-state index is 5.92. The maximum atomic E-state index is 5.92. The number of aromatic nitrogens is 2. The van der Waals surface area contributed by atoms with Gasteiger partial charge in [-0.3, -0.25) is 0 Å². The first-order chi connectivity index (χ1) is 7.66. The molecule has 0 aliphatic carbocycles. The highest BCUT2D eigenvalue weighted by Crippen LogP contribution is 2.22. The van der Waals surface area contributed by atoms with Gasteiger partial charge in [0.1, 0.15) is 17.3 Å². The number of hydrogen-bond donors (Lipinski definition) is 1. The van der Waals surface area contributed by atoms with E-state index < -0.39 is 0 Å². The summed E-state index contributed by atoms with van der Waals surface area (Å²) in [5.41, 5.74) is 1.84. The Kier molecular flexibility index (Phi) is 3.60. The third-order valence-corrected chi connectivity index (χ3v) is 3.16. The Morgan fingerprint density at radius 2 is 2.12 bits per heavy atom. The Hall–Kier alpha value is -0.880. The molecule has 0 aliphatic rings. The van der Waals surface area contributed by atoms with E-state index in [9.17, 15) is 0 Å². The molecule has 1 aromatic heterocycles. The van der Waals surface area contributed by atoms with Gasteiger partial charge in [0.2, 0.25) is 0 Å². The topological polar surface area (TPSA) is 37.8 Å². The first-order valence-electron chi connectivity index (χ1n) is 4.66. The summed E-state index contributed by atoms with van der Waals surface area (Å²) in [5.74, 6) is 0.738. The largest absolute Gasteiger partial charge is 0.340 e. The van der Waals surface area contributed by atoms with Crippen LogP contribution in [0.2, 0.25) is 5.15 Å². The van der Waals surface area contributed by atoms with Gasteiger partial charge in [-0.05, 0) is 47.7 Å². The summed E-state index contributed by atoms with van der Waals surface area (Å²) in [5, 5.41) is 3.69. The van der Waals surface area contributed by atoms with Crippen LogP contribution < -0.4 is 5.32 Å². The summed E-state index contributed by atoms with van der Waals surface area (Å²) < 4.78 is 1.17. The van der Waals surface area contributed by atoms with E-state index in [2.05, 4.69) is 37.9 Å². The van der Waals surface area contributed by atoms with Gasteiger partial charge in [0, 0.05) is 14.8 Å². The molecule has 0 amide bonds. The normalized spacial score (nSPS) is 10.2. The fourth-order valence-corrected chi connectivity index (χ4v) is 1.93. The van der Waals surface area contributed by atoms with Crippen molar-refractivity contribution in [3.8, 4) is 0 Å². The van der Waals surface area contributed by atoms with E-state index in [1.54, 1.807) is 0 Å². The highest BCUT2D eigenvalue weighted by Gasteiger charge is 2.04. The zero-order valence-electron chi connectivity index (χ0n) is 8.54. The molecule has 0 radical (unpaired) electrons. The molecule has 0 aliphatic heterocycles. The maximum Gasteiger partial charge on any atom is 0.138 e. The molecule has 1 N–H and O–H groups in total. The number of nitrogens with zero attached hydrogens (tertiary/aromatic N) is 2. The molecule has 0 saturated heterocycles. The third-order valence-electron chi connectivity index (χ3n) is 2.11. The van der Waals surface area contributed by atoms with Crippen LogP contribution in [0.3, 0.4) is 0 Å². The first kappa shape index (κ1) is 11.6. The molecule has 0 saturated carbocycles. The number of rotatable bonds is 2. The Morgan fingerprint density at radius 1 is 1.31 bits per heavy atom. The van der Waals surface area contributed by atoms with Crippen LogP contribution in [0.15, 0.2) is 30.6 Å². The lowest BCUT2D eigenvalue weighted by Crippen LogP contribution is -1.98. The minimum Gasteiger partial charge on any atom is -0.340 e. The second-order valence-corrected chi connectivity index (χ2v) is 4.88. The second-order valence-electron chi connectivity index (χ2n) is 3.27. The Bertz CT molecular complexity index is 516. The molecule has 0 unspecified atom stereocenters. The summed E-state index contributed by atoms with van der Waals surface area (Å²) >= 11 is 8.18. The van der Waals surface area contributed by atoms with Gasteiger partial charge in [0.05, 0.1) is 0 Å². The van der Waals surface area contributed by atoms with Gasteiger partial charge >= 0.3 is 0 Å². The van der Waals surface area contributed by atoms with Crippen molar-refractivity contribution in [1.29, 1.82) is 0 Å². The van der Waals surface area contributed by atoms with Crippen LogP contribution in [0, 0.1) is 10.5 Å². The van der Waals surface area contributed by atoms with E-state index in [-0.39, 0.29) is 0 Å². The molecule has 16 heavy (non-hydrogen) atoms. The average Bonchev–Trinajstić information content (AvgIpc) is 2.25. The lowest BCUT2D eigenvalue weighted by molar-refractivity contribution is 1.13. The van der Waals surface area contributed by atoms with Crippen LogP contribution in [0.1, 0.15) is 5.56 Å². The molecule has 0 fully saturated rings. The Balaban J connectivity index is 2.31. The highest BCUT2D eigenvalue weighted by molar-refractivity contribution is 14.1. The van der Waals surface area contributed by atoms with E-state index in [4.69, 9.17) is 11.6 Å². The van der Waals surface area contributed by atoms with Crippen LogP contribution in [0.4, 0.5) is 11.5 Å². The van der Waals surface area contributed by atoms with Crippen LogP contribution in [-0.2, 0) is 0 Å². The van der Waals surface area contributed by atoms with Crippen LogP contribution in [0.5, 0.6) is 0 Å². The Morgan fingerprint density at radius 3 is 2.88 bits per heavy atom. The van der Waals surface area contributed by atoms with E-state index >= 15 is 0 Å². The number of halogens is 2. The molecule has 5 heteroatoms. The van der Waals surface area contributed by atoms with Crippen molar-refractivity contribution < 1.29 is 0 Å². The zero-order valence-corrected chi connectivity index (χ0v) is 11.5. The van der Waals surface area contributed by atoms with Crippen LogP contribution >= 0.6 is 34.2 Å². The second kappa shape index (κ2) is 4.97. The van der Waals surface area contributed by atoms with Gasteiger partial charge in [-0.1, -0.05) is 17.7 Å². The predicted octanol–water partition coefficient (Wildman–Crippen LogP) is 3.79. The molecule has 3 nitrogen and oxygen atoms in total. The van der Waals surface area contributed by atoms with E-state index in [1.165, 1.54) is 9.90 Å². The van der Waals surface area contributed by atoms with Crippen molar-refractivity contribution in [2.75, 3.05) is 5.32 Å². The SMILES string of the molecule is Cc1c(Cl)ncnc1Nc1cccc(I)c1. The molecular weight excluding hydrogens is 336 g/mol. The quantitative estimate of drug-likeness (QED) is 0.665. The molecule has 1 aromatic carbocycles. The molecular formula is C11H9ClIN3. The lowest BCUT2D eigenvalue weighted by Gasteiger charge is -2.08. The van der Waals surface area contributed by atoms with Crippen molar-refractivity contribution in [2.45, 2.75) is 6.92 Å². The fraction of sp³-hybridized carbons (Fsp3) is 0.0909. The van der Waals surface area contributed by atoms with Crippen molar-refractivity contribution in [2.24, 2.45) is 0 Å². The van der Waals surface area contributed by atoms with Gasteiger partial charge in [0.25, 0.3) is 0 Å². The minimum atomic E-state index is 0.475. The monoisotopic (exact) mass is 345 g/mol. The number of nitrogens with one attached hydrogen (secondary N) is 1. The zero-order chi connectivity index (χ0) is 11.5. The van der Waals surface area contributed by atoms with E-state index in [1.807, 2.05) is 31.2 Å². The molecule has 82 valence electrons. The fourth-order valence-electron chi connectivity index (χ4n) is 1.26. The van der Waals surface area contributed by atoms with Crippen molar-refractivity contribution in [3.05, 3.63) is 44.9 Å².